The number of aliphatic hydroxyl groups is 1. The van der Waals surface area contributed by atoms with Crippen LogP contribution in [0.5, 0.6) is 0 Å². The van der Waals surface area contributed by atoms with Crippen LogP contribution >= 0.6 is 0 Å². The van der Waals surface area contributed by atoms with Crippen molar-refractivity contribution in [1.29, 1.82) is 0 Å². The average molecular weight is 278 g/mol. The number of hydrogen-bond acceptors (Lipinski definition) is 2. The largest absolute Gasteiger partial charge is 0.393 e. The van der Waals surface area contributed by atoms with Crippen molar-refractivity contribution in [2.24, 2.45) is 17.3 Å². The summed E-state index contributed by atoms with van der Waals surface area (Å²) in [7, 11) is 0. The predicted octanol–water partition coefficient (Wildman–Crippen LogP) is 3.88. The number of imidazole rings is 1. The van der Waals surface area contributed by atoms with Crippen molar-refractivity contribution in [1.82, 2.24) is 9.55 Å². The Bertz CT molecular complexity index is 372. The van der Waals surface area contributed by atoms with Crippen molar-refractivity contribution in [3.05, 3.63) is 18.7 Å². The van der Waals surface area contributed by atoms with Crippen molar-refractivity contribution in [2.45, 2.75) is 71.9 Å². The molecule has 2 rings (SSSR count). The lowest BCUT2D eigenvalue weighted by atomic mass is 9.68. The SMILES string of the molecule is CC(C)(C)C1CCC(C(O)CCCn2ccnc2)CC1. The second-order valence-electron chi connectivity index (χ2n) is 7.49. The number of rotatable bonds is 5. The molecule has 0 aliphatic heterocycles. The first-order valence-corrected chi connectivity index (χ1v) is 8.10. The van der Waals surface area contributed by atoms with Crippen LogP contribution in [0.15, 0.2) is 18.7 Å². The summed E-state index contributed by atoms with van der Waals surface area (Å²) in [6.45, 7) is 8.01. The van der Waals surface area contributed by atoms with Gasteiger partial charge in [-0.3, -0.25) is 0 Å². The second-order valence-corrected chi connectivity index (χ2v) is 7.49. The number of hydrogen-bond donors (Lipinski definition) is 1. The summed E-state index contributed by atoms with van der Waals surface area (Å²) in [5.74, 6) is 1.35. The Balaban J connectivity index is 1.68. The first-order chi connectivity index (χ1) is 9.47. The van der Waals surface area contributed by atoms with Gasteiger partial charge in [0.15, 0.2) is 0 Å². The molecule has 0 bridgehead atoms. The van der Waals surface area contributed by atoms with E-state index in [1.807, 2.05) is 18.7 Å². The van der Waals surface area contributed by atoms with E-state index >= 15 is 0 Å². The van der Waals surface area contributed by atoms with Crippen molar-refractivity contribution >= 4 is 0 Å². The van der Waals surface area contributed by atoms with E-state index in [4.69, 9.17) is 0 Å². The molecule has 0 radical (unpaired) electrons. The molecule has 1 heterocycles. The Kier molecular flexibility index (Phi) is 5.25. The average Bonchev–Trinajstić information content (AvgIpc) is 2.91. The number of nitrogens with zero attached hydrogens (tertiary/aromatic N) is 2. The van der Waals surface area contributed by atoms with Crippen LogP contribution in [0.4, 0.5) is 0 Å². The molecular weight excluding hydrogens is 248 g/mol. The number of aromatic nitrogens is 2. The van der Waals surface area contributed by atoms with Gasteiger partial charge in [-0.2, -0.15) is 0 Å². The normalized spacial score (nSPS) is 25.6. The van der Waals surface area contributed by atoms with Crippen LogP contribution in [-0.2, 0) is 6.54 Å². The topological polar surface area (TPSA) is 38.0 Å². The fraction of sp³-hybridized carbons (Fsp3) is 0.824. The van der Waals surface area contributed by atoms with Gasteiger partial charge in [-0.05, 0) is 55.8 Å². The van der Waals surface area contributed by atoms with Crippen LogP contribution in [0.2, 0.25) is 0 Å². The fourth-order valence-corrected chi connectivity index (χ4v) is 3.51. The first-order valence-electron chi connectivity index (χ1n) is 8.10. The van der Waals surface area contributed by atoms with Gasteiger partial charge in [0.25, 0.3) is 0 Å². The van der Waals surface area contributed by atoms with Gasteiger partial charge in [-0.1, -0.05) is 20.8 Å². The van der Waals surface area contributed by atoms with Crippen molar-refractivity contribution in [3.8, 4) is 0 Å². The monoisotopic (exact) mass is 278 g/mol. The smallest absolute Gasteiger partial charge is 0.0945 e. The highest BCUT2D eigenvalue weighted by atomic mass is 16.3. The molecule has 1 aromatic rings. The number of aliphatic hydroxyl groups excluding tert-OH is 1. The maximum absolute atomic E-state index is 10.4. The van der Waals surface area contributed by atoms with Gasteiger partial charge in [0, 0.05) is 18.9 Å². The van der Waals surface area contributed by atoms with E-state index in [0.717, 1.165) is 25.3 Å². The molecule has 1 atom stereocenters. The highest BCUT2D eigenvalue weighted by molar-refractivity contribution is 4.83. The quantitative estimate of drug-likeness (QED) is 0.887. The molecule has 1 aliphatic carbocycles. The highest BCUT2D eigenvalue weighted by Crippen LogP contribution is 2.41. The second kappa shape index (κ2) is 6.75. The van der Waals surface area contributed by atoms with Crippen molar-refractivity contribution in [2.75, 3.05) is 0 Å². The summed E-state index contributed by atoms with van der Waals surface area (Å²) >= 11 is 0. The minimum atomic E-state index is -0.112. The molecule has 20 heavy (non-hydrogen) atoms. The van der Waals surface area contributed by atoms with Crippen LogP contribution < -0.4 is 0 Å². The summed E-state index contributed by atoms with van der Waals surface area (Å²) in [5.41, 5.74) is 0.428. The molecule has 1 fully saturated rings. The first kappa shape index (κ1) is 15.6. The Morgan fingerprint density at radius 1 is 1.25 bits per heavy atom. The standard InChI is InChI=1S/C17H30N2O/c1-17(2,3)15-8-6-14(7-9-15)16(20)5-4-11-19-12-10-18-13-19/h10,12-16,20H,4-9,11H2,1-3H3. The zero-order chi connectivity index (χ0) is 14.6. The molecule has 0 amide bonds. The molecular formula is C17H30N2O. The maximum atomic E-state index is 10.4. The molecule has 3 heteroatoms. The summed E-state index contributed by atoms with van der Waals surface area (Å²) in [4.78, 5) is 4.04. The Labute approximate surface area is 123 Å². The van der Waals surface area contributed by atoms with Crippen LogP contribution in [0, 0.1) is 17.3 Å². The molecule has 0 saturated heterocycles. The maximum Gasteiger partial charge on any atom is 0.0945 e. The van der Waals surface area contributed by atoms with Gasteiger partial charge in [0.05, 0.1) is 12.4 Å². The summed E-state index contributed by atoms with van der Waals surface area (Å²) < 4.78 is 2.09. The minimum Gasteiger partial charge on any atom is -0.393 e. The van der Waals surface area contributed by atoms with E-state index < -0.39 is 0 Å². The Morgan fingerprint density at radius 2 is 1.95 bits per heavy atom. The fourth-order valence-electron chi connectivity index (χ4n) is 3.51. The molecule has 1 saturated carbocycles. The van der Waals surface area contributed by atoms with E-state index in [1.54, 1.807) is 0 Å². The zero-order valence-electron chi connectivity index (χ0n) is 13.3. The molecule has 1 unspecified atom stereocenters. The van der Waals surface area contributed by atoms with Gasteiger partial charge in [0.2, 0.25) is 0 Å². The van der Waals surface area contributed by atoms with Gasteiger partial charge >= 0.3 is 0 Å². The van der Waals surface area contributed by atoms with Crippen LogP contribution in [0.3, 0.4) is 0 Å². The summed E-state index contributed by atoms with van der Waals surface area (Å²) in [5, 5.41) is 10.4. The molecule has 3 nitrogen and oxygen atoms in total. The lowest BCUT2D eigenvalue weighted by Crippen LogP contribution is -2.30. The third-order valence-corrected chi connectivity index (χ3v) is 5.02. The van der Waals surface area contributed by atoms with Crippen molar-refractivity contribution < 1.29 is 5.11 Å². The zero-order valence-corrected chi connectivity index (χ0v) is 13.3. The van der Waals surface area contributed by atoms with Crippen LogP contribution in [0.25, 0.3) is 0 Å². The Morgan fingerprint density at radius 3 is 2.50 bits per heavy atom. The molecule has 0 spiro atoms. The summed E-state index contributed by atoms with van der Waals surface area (Å²) in [6, 6.07) is 0. The minimum absolute atomic E-state index is 0.112. The highest BCUT2D eigenvalue weighted by Gasteiger charge is 2.31. The van der Waals surface area contributed by atoms with E-state index in [9.17, 15) is 5.11 Å². The molecule has 0 aromatic carbocycles. The third kappa shape index (κ3) is 4.34. The number of aryl methyl sites for hydroxylation is 1. The van der Waals surface area contributed by atoms with Gasteiger partial charge in [-0.25, -0.2) is 4.98 Å². The molecule has 1 aromatic heterocycles. The third-order valence-electron chi connectivity index (χ3n) is 5.02. The van der Waals surface area contributed by atoms with Crippen LogP contribution in [-0.4, -0.2) is 20.8 Å². The predicted molar refractivity (Wildman–Crippen MR) is 82.4 cm³/mol. The van der Waals surface area contributed by atoms with E-state index in [2.05, 4.69) is 30.3 Å². The lowest BCUT2D eigenvalue weighted by Gasteiger charge is -2.38. The van der Waals surface area contributed by atoms with Gasteiger partial charge in [0.1, 0.15) is 0 Å². The van der Waals surface area contributed by atoms with E-state index in [0.29, 0.717) is 11.3 Å². The van der Waals surface area contributed by atoms with Crippen LogP contribution in [0.1, 0.15) is 59.3 Å². The van der Waals surface area contributed by atoms with Gasteiger partial charge < -0.3 is 9.67 Å². The lowest BCUT2D eigenvalue weighted by molar-refractivity contribution is 0.0462. The van der Waals surface area contributed by atoms with Gasteiger partial charge in [-0.15, -0.1) is 0 Å². The molecule has 114 valence electrons. The molecule has 1 aliphatic rings. The van der Waals surface area contributed by atoms with Crippen molar-refractivity contribution in [3.63, 3.8) is 0 Å². The van der Waals surface area contributed by atoms with E-state index in [-0.39, 0.29) is 6.10 Å². The van der Waals surface area contributed by atoms with E-state index in [1.165, 1.54) is 25.7 Å². The Hall–Kier alpha value is -0.830. The molecule has 1 N–H and O–H groups in total. The summed E-state index contributed by atoms with van der Waals surface area (Å²) in [6.07, 6.45) is 12.5.